The second-order valence-electron chi connectivity index (χ2n) is 7.87. The third-order valence-corrected chi connectivity index (χ3v) is 5.43. The number of benzene rings is 2. The van der Waals surface area contributed by atoms with Crippen molar-refractivity contribution in [3.05, 3.63) is 53.0 Å². The number of rotatable bonds is 5. The molecule has 2 amide bonds. The van der Waals surface area contributed by atoms with Crippen LogP contribution < -0.4 is 10.6 Å². The predicted octanol–water partition coefficient (Wildman–Crippen LogP) is 3.73. The Morgan fingerprint density at radius 3 is 2.41 bits per heavy atom. The molecule has 29 heavy (non-hydrogen) atoms. The van der Waals surface area contributed by atoms with Crippen LogP contribution in [0.1, 0.15) is 52.1 Å². The Kier molecular flexibility index (Phi) is 4.12. The van der Waals surface area contributed by atoms with E-state index in [-0.39, 0.29) is 35.2 Å². The first-order chi connectivity index (χ1) is 14.0. The van der Waals surface area contributed by atoms with Gasteiger partial charge >= 0.3 is 0 Å². The van der Waals surface area contributed by atoms with Crippen molar-refractivity contribution in [1.29, 1.82) is 0 Å². The van der Waals surface area contributed by atoms with E-state index < -0.39 is 5.82 Å². The van der Waals surface area contributed by atoms with Crippen LogP contribution in [0.5, 0.6) is 0 Å². The number of hydrogen-bond donors (Lipinski definition) is 2. The third-order valence-electron chi connectivity index (χ3n) is 5.43. The van der Waals surface area contributed by atoms with E-state index in [0.29, 0.717) is 27.7 Å². The molecule has 0 spiro atoms. The molecule has 1 aromatic heterocycles. The topological polar surface area (TPSA) is 84.2 Å². The van der Waals surface area contributed by atoms with Crippen LogP contribution in [0, 0.1) is 12.7 Å². The van der Waals surface area contributed by atoms with Crippen LogP contribution in [0.25, 0.3) is 22.1 Å². The van der Waals surface area contributed by atoms with Crippen LogP contribution in [0.4, 0.5) is 4.39 Å². The minimum absolute atomic E-state index is 0.195. The molecule has 148 valence electrons. The smallest absolute Gasteiger partial charge is 0.274 e. The highest BCUT2D eigenvalue weighted by Gasteiger charge is 2.27. The van der Waals surface area contributed by atoms with Gasteiger partial charge in [-0.25, -0.2) is 4.39 Å². The van der Waals surface area contributed by atoms with Gasteiger partial charge in [-0.05, 0) is 73.6 Å². The number of fused-ring (bicyclic) bond motifs is 1. The number of halogens is 1. The lowest BCUT2D eigenvalue weighted by molar-refractivity contribution is 0.0938. The molecule has 3 aromatic rings. The molecule has 0 aliphatic heterocycles. The van der Waals surface area contributed by atoms with Crippen LogP contribution in [-0.2, 0) is 0 Å². The molecule has 0 atom stereocenters. The molecule has 6 nitrogen and oxygen atoms in total. The monoisotopic (exact) mass is 393 g/mol. The minimum atomic E-state index is -0.439. The van der Waals surface area contributed by atoms with Crippen molar-refractivity contribution >= 4 is 22.8 Å². The summed E-state index contributed by atoms with van der Waals surface area (Å²) in [4.78, 5) is 24.7. The second kappa shape index (κ2) is 6.69. The number of nitrogens with one attached hydrogen (secondary N) is 2. The maximum atomic E-state index is 14.5. The van der Waals surface area contributed by atoms with Gasteiger partial charge in [0.1, 0.15) is 5.82 Å². The number of hydrogen-bond acceptors (Lipinski definition) is 4. The molecule has 2 aromatic carbocycles. The van der Waals surface area contributed by atoms with Crippen LogP contribution in [0.3, 0.4) is 0 Å². The van der Waals surface area contributed by atoms with E-state index in [1.165, 1.54) is 6.07 Å². The van der Waals surface area contributed by atoms with E-state index >= 15 is 0 Å². The average Bonchev–Trinajstić information content (AvgIpc) is 3.63. The van der Waals surface area contributed by atoms with Crippen LogP contribution in [-0.4, -0.2) is 29.1 Å². The average molecular weight is 393 g/mol. The zero-order valence-electron chi connectivity index (χ0n) is 15.9. The summed E-state index contributed by atoms with van der Waals surface area (Å²) in [6.07, 6.45) is 3.90. The van der Waals surface area contributed by atoms with Crippen molar-refractivity contribution in [3.8, 4) is 11.1 Å². The zero-order valence-corrected chi connectivity index (χ0v) is 15.9. The van der Waals surface area contributed by atoms with Crippen molar-refractivity contribution < 1.29 is 18.5 Å². The third kappa shape index (κ3) is 3.48. The number of carbonyl (C=O) groups is 2. The molecule has 0 radical (unpaired) electrons. The first-order valence-corrected chi connectivity index (χ1v) is 9.81. The lowest BCUT2D eigenvalue weighted by atomic mass is 9.96. The number of aromatic nitrogens is 1. The lowest BCUT2D eigenvalue weighted by Crippen LogP contribution is -2.25. The highest BCUT2D eigenvalue weighted by molar-refractivity contribution is 6.05. The van der Waals surface area contributed by atoms with Gasteiger partial charge < -0.3 is 15.2 Å². The van der Waals surface area contributed by atoms with Gasteiger partial charge in [0.2, 0.25) is 0 Å². The molecular weight excluding hydrogens is 373 g/mol. The number of amides is 2. The Labute approximate surface area is 166 Å². The summed E-state index contributed by atoms with van der Waals surface area (Å²) in [5, 5.41) is 10.3. The SMILES string of the molecule is Cc1c(F)cc(C(=O)NC2CC2)cc1-c1ccc2c(C(=O)NC3CC3)noc2c1. The van der Waals surface area contributed by atoms with Gasteiger partial charge in [0.25, 0.3) is 11.8 Å². The standard InChI is InChI=1S/C22H20FN3O3/c1-11-17(8-13(9-18(11)23)21(27)24-14-3-4-14)12-2-7-16-19(10-12)29-26-20(16)22(28)25-15-5-6-15/h2,7-10,14-15H,3-6H2,1H3,(H,24,27)(H,25,28). The molecular formula is C22H20FN3O3. The summed E-state index contributed by atoms with van der Waals surface area (Å²) in [6.45, 7) is 1.67. The van der Waals surface area contributed by atoms with Gasteiger partial charge in [-0.1, -0.05) is 11.2 Å². The van der Waals surface area contributed by atoms with Crippen molar-refractivity contribution in [2.24, 2.45) is 0 Å². The Hall–Kier alpha value is -3.22. The molecule has 7 heteroatoms. The summed E-state index contributed by atoms with van der Waals surface area (Å²) < 4.78 is 19.9. The summed E-state index contributed by atoms with van der Waals surface area (Å²) in [6, 6.07) is 8.64. The Morgan fingerprint density at radius 2 is 1.72 bits per heavy atom. The lowest BCUT2D eigenvalue weighted by Gasteiger charge is -2.11. The fourth-order valence-electron chi connectivity index (χ4n) is 3.36. The highest BCUT2D eigenvalue weighted by Crippen LogP contribution is 2.31. The molecule has 2 N–H and O–H groups in total. The van der Waals surface area contributed by atoms with E-state index in [9.17, 15) is 14.0 Å². The van der Waals surface area contributed by atoms with Gasteiger partial charge in [0, 0.05) is 17.6 Å². The van der Waals surface area contributed by atoms with Gasteiger partial charge in [-0.15, -0.1) is 0 Å². The van der Waals surface area contributed by atoms with Crippen LogP contribution in [0.2, 0.25) is 0 Å². The van der Waals surface area contributed by atoms with E-state index in [1.54, 1.807) is 31.2 Å². The second-order valence-corrected chi connectivity index (χ2v) is 7.87. The van der Waals surface area contributed by atoms with E-state index in [2.05, 4.69) is 15.8 Å². The molecule has 5 rings (SSSR count). The first-order valence-electron chi connectivity index (χ1n) is 9.81. The quantitative estimate of drug-likeness (QED) is 0.692. The fraction of sp³-hybridized carbons (Fsp3) is 0.318. The molecule has 1 heterocycles. The summed E-state index contributed by atoms with van der Waals surface area (Å²) in [7, 11) is 0. The Morgan fingerprint density at radius 1 is 1.03 bits per heavy atom. The molecule has 2 aliphatic rings. The van der Waals surface area contributed by atoms with Crippen LogP contribution in [0.15, 0.2) is 34.9 Å². The van der Waals surface area contributed by atoms with Gasteiger partial charge in [0.15, 0.2) is 11.3 Å². The Bertz CT molecular complexity index is 1150. The first kappa shape index (κ1) is 17.8. The summed E-state index contributed by atoms with van der Waals surface area (Å²) in [5.74, 6) is -0.960. The van der Waals surface area contributed by atoms with E-state index in [1.807, 2.05) is 0 Å². The minimum Gasteiger partial charge on any atom is -0.355 e. The summed E-state index contributed by atoms with van der Waals surface area (Å²) in [5.41, 5.74) is 2.72. The number of carbonyl (C=O) groups excluding carboxylic acids is 2. The largest absolute Gasteiger partial charge is 0.355 e. The molecule has 0 bridgehead atoms. The van der Waals surface area contributed by atoms with E-state index in [4.69, 9.17) is 4.52 Å². The van der Waals surface area contributed by atoms with Crippen molar-refractivity contribution in [2.45, 2.75) is 44.7 Å². The van der Waals surface area contributed by atoms with Crippen molar-refractivity contribution in [2.75, 3.05) is 0 Å². The summed E-state index contributed by atoms with van der Waals surface area (Å²) >= 11 is 0. The zero-order chi connectivity index (χ0) is 20.1. The molecule has 2 aliphatic carbocycles. The Balaban J connectivity index is 1.50. The highest BCUT2D eigenvalue weighted by atomic mass is 19.1. The maximum absolute atomic E-state index is 14.5. The molecule has 2 fully saturated rings. The van der Waals surface area contributed by atoms with E-state index in [0.717, 1.165) is 25.7 Å². The van der Waals surface area contributed by atoms with Gasteiger partial charge in [-0.2, -0.15) is 0 Å². The normalized spacial score (nSPS) is 16.1. The van der Waals surface area contributed by atoms with Crippen LogP contribution >= 0.6 is 0 Å². The fourth-order valence-corrected chi connectivity index (χ4v) is 3.36. The molecule has 2 saturated carbocycles. The van der Waals surface area contributed by atoms with Crippen molar-refractivity contribution in [1.82, 2.24) is 15.8 Å². The molecule has 0 saturated heterocycles. The number of nitrogens with zero attached hydrogens (tertiary/aromatic N) is 1. The maximum Gasteiger partial charge on any atom is 0.274 e. The predicted molar refractivity (Wildman–Crippen MR) is 105 cm³/mol. The van der Waals surface area contributed by atoms with Gasteiger partial charge in [-0.3, -0.25) is 9.59 Å². The molecule has 0 unspecified atom stereocenters. The van der Waals surface area contributed by atoms with Gasteiger partial charge in [0.05, 0.1) is 5.39 Å². The van der Waals surface area contributed by atoms with Crippen molar-refractivity contribution in [3.63, 3.8) is 0 Å².